The highest BCUT2D eigenvalue weighted by Gasteiger charge is 2.41. The quantitative estimate of drug-likeness (QED) is 0.829. The van der Waals surface area contributed by atoms with E-state index in [9.17, 15) is 10.2 Å². The van der Waals surface area contributed by atoms with Crippen LogP contribution in [0.25, 0.3) is 0 Å². The second kappa shape index (κ2) is 5.17. The zero-order valence-corrected chi connectivity index (χ0v) is 10.3. The lowest BCUT2D eigenvalue weighted by Gasteiger charge is -2.36. The summed E-state index contributed by atoms with van der Waals surface area (Å²) in [4.78, 5) is 2.24. The van der Waals surface area contributed by atoms with Crippen LogP contribution in [0.15, 0.2) is 30.3 Å². The molecule has 1 aromatic carbocycles. The molecule has 1 aliphatic heterocycles. The number of hydrogen-bond acceptors (Lipinski definition) is 3. The van der Waals surface area contributed by atoms with E-state index in [-0.39, 0.29) is 24.8 Å². The molecule has 0 bridgehead atoms. The Morgan fingerprint density at radius 3 is 2.59 bits per heavy atom. The molecule has 0 amide bonds. The first kappa shape index (κ1) is 12.6. The van der Waals surface area contributed by atoms with E-state index in [0.29, 0.717) is 0 Å². The third-order valence-corrected chi connectivity index (χ3v) is 3.90. The number of rotatable bonds is 4. The van der Waals surface area contributed by atoms with E-state index in [1.54, 1.807) is 0 Å². The Balaban J connectivity index is 2.15. The Hall–Kier alpha value is -0.900. The van der Waals surface area contributed by atoms with Gasteiger partial charge < -0.3 is 10.2 Å². The molecule has 3 heteroatoms. The molecule has 1 saturated heterocycles. The molecule has 1 fully saturated rings. The third-order valence-electron chi connectivity index (χ3n) is 3.90. The van der Waals surface area contributed by atoms with Gasteiger partial charge in [0.2, 0.25) is 0 Å². The van der Waals surface area contributed by atoms with Gasteiger partial charge in [0.25, 0.3) is 0 Å². The second-order valence-electron chi connectivity index (χ2n) is 5.14. The van der Waals surface area contributed by atoms with Crippen LogP contribution in [0.3, 0.4) is 0 Å². The molecule has 2 atom stereocenters. The molecule has 1 aliphatic rings. The summed E-state index contributed by atoms with van der Waals surface area (Å²) in [7, 11) is 0. The average Bonchev–Trinajstić information content (AvgIpc) is 2.69. The molecule has 3 nitrogen and oxygen atoms in total. The molecule has 2 N–H and O–H groups in total. The van der Waals surface area contributed by atoms with Gasteiger partial charge >= 0.3 is 0 Å². The van der Waals surface area contributed by atoms with Gasteiger partial charge in [-0.1, -0.05) is 30.3 Å². The lowest BCUT2D eigenvalue weighted by Crippen LogP contribution is -2.48. The Morgan fingerprint density at radius 1 is 1.29 bits per heavy atom. The maximum Gasteiger partial charge on any atom is 0.0613 e. The van der Waals surface area contributed by atoms with Crippen molar-refractivity contribution in [1.29, 1.82) is 0 Å². The first-order valence-corrected chi connectivity index (χ1v) is 6.22. The zero-order valence-electron chi connectivity index (χ0n) is 10.3. The fourth-order valence-electron chi connectivity index (χ4n) is 2.68. The van der Waals surface area contributed by atoms with Gasteiger partial charge in [-0.2, -0.15) is 0 Å². The predicted octanol–water partition coefficient (Wildman–Crippen LogP) is 1.39. The van der Waals surface area contributed by atoms with Gasteiger partial charge in [0.05, 0.1) is 13.2 Å². The fraction of sp³-hybridized carbons (Fsp3) is 0.571. The standard InChI is InChI=1S/C14H21NO2/c1-14(11-17)8-7-13(10-16)15(14)9-12-5-3-2-4-6-12/h2-6,13,16-17H,7-11H2,1H3/t13-,14-/m1/s1. The molecule has 0 aliphatic carbocycles. The second-order valence-corrected chi connectivity index (χ2v) is 5.14. The minimum absolute atomic E-state index is 0.149. The lowest BCUT2D eigenvalue weighted by molar-refractivity contribution is 0.0307. The summed E-state index contributed by atoms with van der Waals surface area (Å²) in [6.07, 6.45) is 1.90. The molecule has 0 radical (unpaired) electrons. The van der Waals surface area contributed by atoms with E-state index >= 15 is 0 Å². The van der Waals surface area contributed by atoms with Crippen LogP contribution in [-0.4, -0.2) is 39.9 Å². The van der Waals surface area contributed by atoms with E-state index < -0.39 is 0 Å². The highest BCUT2D eigenvalue weighted by Crippen LogP contribution is 2.34. The van der Waals surface area contributed by atoms with Crippen molar-refractivity contribution < 1.29 is 10.2 Å². The average molecular weight is 235 g/mol. The number of aliphatic hydroxyl groups excluding tert-OH is 2. The van der Waals surface area contributed by atoms with Crippen LogP contribution in [0.4, 0.5) is 0 Å². The van der Waals surface area contributed by atoms with Crippen LogP contribution in [-0.2, 0) is 6.54 Å². The van der Waals surface area contributed by atoms with E-state index in [1.165, 1.54) is 5.56 Å². The van der Waals surface area contributed by atoms with Crippen LogP contribution in [0.1, 0.15) is 25.3 Å². The van der Waals surface area contributed by atoms with Crippen LogP contribution in [0.5, 0.6) is 0 Å². The molecule has 0 saturated carbocycles. The maximum absolute atomic E-state index is 9.56. The summed E-state index contributed by atoms with van der Waals surface area (Å²) in [5.74, 6) is 0. The van der Waals surface area contributed by atoms with Gasteiger partial charge in [0.15, 0.2) is 0 Å². The van der Waals surface area contributed by atoms with E-state index in [4.69, 9.17) is 0 Å². The molecule has 94 valence electrons. The molecule has 1 aromatic rings. The topological polar surface area (TPSA) is 43.7 Å². The lowest BCUT2D eigenvalue weighted by atomic mass is 10.00. The largest absolute Gasteiger partial charge is 0.395 e. The Labute approximate surface area is 103 Å². The van der Waals surface area contributed by atoms with Crippen molar-refractivity contribution >= 4 is 0 Å². The molecule has 2 rings (SSSR count). The Bertz CT molecular complexity index is 354. The minimum Gasteiger partial charge on any atom is -0.395 e. The van der Waals surface area contributed by atoms with Crippen molar-refractivity contribution in [2.45, 2.75) is 37.9 Å². The number of hydrogen-bond donors (Lipinski definition) is 2. The summed E-state index contributed by atoms with van der Waals surface area (Å²) >= 11 is 0. The molecule has 0 unspecified atom stereocenters. The van der Waals surface area contributed by atoms with Crippen molar-refractivity contribution in [3.63, 3.8) is 0 Å². The number of likely N-dealkylation sites (tertiary alicyclic amines) is 1. The highest BCUT2D eigenvalue weighted by atomic mass is 16.3. The Kier molecular flexibility index (Phi) is 3.82. The summed E-state index contributed by atoms with van der Waals surface area (Å²) in [6, 6.07) is 10.4. The third kappa shape index (κ3) is 2.51. The normalized spacial score (nSPS) is 29.7. The van der Waals surface area contributed by atoms with Gasteiger partial charge in [0, 0.05) is 18.1 Å². The summed E-state index contributed by atoms with van der Waals surface area (Å²) in [5.41, 5.74) is 1.04. The van der Waals surface area contributed by atoms with Crippen LogP contribution in [0.2, 0.25) is 0 Å². The molecular weight excluding hydrogens is 214 g/mol. The zero-order chi connectivity index (χ0) is 12.3. The maximum atomic E-state index is 9.56. The smallest absolute Gasteiger partial charge is 0.0613 e. The molecular formula is C14H21NO2. The summed E-state index contributed by atoms with van der Waals surface area (Å²) in [6.45, 7) is 3.19. The van der Waals surface area contributed by atoms with Gasteiger partial charge in [-0.15, -0.1) is 0 Å². The monoisotopic (exact) mass is 235 g/mol. The van der Waals surface area contributed by atoms with Gasteiger partial charge in [-0.05, 0) is 25.3 Å². The van der Waals surface area contributed by atoms with Gasteiger partial charge in [-0.3, -0.25) is 4.90 Å². The van der Waals surface area contributed by atoms with Crippen molar-refractivity contribution in [1.82, 2.24) is 4.90 Å². The Morgan fingerprint density at radius 2 is 2.00 bits per heavy atom. The van der Waals surface area contributed by atoms with E-state index in [2.05, 4.69) is 24.0 Å². The van der Waals surface area contributed by atoms with Crippen molar-refractivity contribution in [2.24, 2.45) is 0 Å². The van der Waals surface area contributed by atoms with Crippen LogP contribution < -0.4 is 0 Å². The van der Waals surface area contributed by atoms with Gasteiger partial charge in [-0.25, -0.2) is 0 Å². The first-order valence-electron chi connectivity index (χ1n) is 6.22. The summed E-state index contributed by atoms with van der Waals surface area (Å²) < 4.78 is 0. The highest BCUT2D eigenvalue weighted by molar-refractivity contribution is 5.16. The van der Waals surface area contributed by atoms with Crippen molar-refractivity contribution in [2.75, 3.05) is 13.2 Å². The fourth-order valence-corrected chi connectivity index (χ4v) is 2.68. The number of nitrogens with zero attached hydrogens (tertiary/aromatic N) is 1. The number of benzene rings is 1. The van der Waals surface area contributed by atoms with Gasteiger partial charge in [0.1, 0.15) is 0 Å². The molecule has 0 aromatic heterocycles. The van der Waals surface area contributed by atoms with Crippen LogP contribution >= 0.6 is 0 Å². The van der Waals surface area contributed by atoms with Crippen LogP contribution in [0, 0.1) is 0 Å². The number of aliphatic hydroxyl groups is 2. The summed E-state index contributed by atoms with van der Waals surface area (Å²) in [5, 5.41) is 19.0. The minimum atomic E-state index is -0.191. The van der Waals surface area contributed by atoms with Crippen molar-refractivity contribution in [3.05, 3.63) is 35.9 Å². The molecule has 1 heterocycles. The molecule has 0 spiro atoms. The van der Waals surface area contributed by atoms with E-state index in [1.807, 2.05) is 18.2 Å². The predicted molar refractivity (Wildman–Crippen MR) is 67.6 cm³/mol. The first-order chi connectivity index (χ1) is 8.19. The SMILES string of the molecule is C[C@]1(CO)CC[C@H](CO)N1Cc1ccccc1. The van der Waals surface area contributed by atoms with E-state index in [0.717, 1.165) is 19.4 Å². The van der Waals surface area contributed by atoms with Crippen molar-refractivity contribution in [3.8, 4) is 0 Å². The molecule has 17 heavy (non-hydrogen) atoms.